The first-order chi connectivity index (χ1) is 20.4. The highest BCUT2D eigenvalue weighted by Gasteiger charge is 2.31. The number of hydrogen-bond donors (Lipinski definition) is 1. The maximum absolute atomic E-state index is 13.8. The first-order valence-electron chi connectivity index (χ1n) is 13.3. The summed E-state index contributed by atoms with van der Waals surface area (Å²) in [5, 5.41) is 14.1. The number of methoxy groups -OCH3 is 2. The molecule has 0 unspecified atom stereocenters. The fraction of sp³-hybridized carbons (Fsp3) is 0.321. The molecule has 3 aromatic carbocycles. The highest BCUT2D eigenvalue weighted by Crippen LogP contribution is 2.32. The van der Waals surface area contributed by atoms with Gasteiger partial charge < -0.3 is 14.8 Å². The Hall–Kier alpha value is -4.21. The summed E-state index contributed by atoms with van der Waals surface area (Å²) in [6.07, 6.45) is 2.40. The van der Waals surface area contributed by atoms with Gasteiger partial charge >= 0.3 is 0 Å². The van der Waals surface area contributed by atoms with E-state index in [1.54, 1.807) is 0 Å². The molecule has 15 heteroatoms. The van der Waals surface area contributed by atoms with Gasteiger partial charge in [0.25, 0.3) is 15.7 Å². The molecule has 1 saturated heterocycles. The lowest BCUT2D eigenvalue weighted by molar-refractivity contribution is -0.385. The molecule has 1 fully saturated rings. The Morgan fingerprint density at radius 1 is 0.953 bits per heavy atom. The van der Waals surface area contributed by atoms with Crippen molar-refractivity contribution in [2.24, 2.45) is 0 Å². The maximum atomic E-state index is 13.8. The molecule has 0 atom stereocenters. The predicted molar refractivity (Wildman–Crippen MR) is 160 cm³/mol. The van der Waals surface area contributed by atoms with Crippen LogP contribution in [-0.2, 0) is 24.8 Å². The Kier molecular flexibility index (Phi) is 9.57. The normalized spacial score (nSPS) is 14.1. The van der Waals surface area contributed by atoms with Crippen molar-refractivity contribution in [1.29, 1.82) is 0 Å². The van der Waals surface area contributed by atoms with Crippen molar-refractivity contribution in [3.05, 3.63) is 76.3 Å². The molecule has 43 heavy (non-hydrogen) atoms. The zero-order chi connectivity index (χ0) is 31.4. The molecule has 4 rings (SSSR count). The number of carbonyl (C=O) groups is 1. The van der Waals surface area contributed by atoms with Gasteiger partial charge in [-0.15, -0.1) is 0 Å². The molecule has 13 nitrogen and oxygen atoms in total. The van der Waals surface area contributed by atoms with Crippen LogP contribution in [-0.4, -0.2) is 65.8 Å². The number of nitro groups is 1. The third-order valence-electron chi connectivity index (χ3n) is 6.99. The van der Waals surface area contributed by atoms with Crippen LogP contribution >= 0.6 is 0 Å². The van der Waals surface area contributed by atoms with Crippen molar-refractivity contribution >= 4 is 43.0 Å². The zero-order valence-electron chi connectivity index (χ0n) is 23.8. The smallest absolute Gasteiger partial charge is 0.273 e. The van der Waals surface area contributed by atoms with Crippen LogP contribution in [0.15, 0.2) is 70.5 Å². The minimum absolute atomic E-state index is 0.0993. The van der Waals surface area contributed by atoms with E-state index in [2.05, 4.69) is 5.32 Å². The highest BCUT2D eigenvalue weighted by molar-refractivity contribution is 7.93. The number of carbonyl (C=O) groups excluding carboxylic acids is 1. The van der Waals surface area contributed by atoms with Crippen molar-refractivity contribution in [3.63, 3.8) is 0 Å². The largest absolute Gasteiger partial charge is 0.497 e. The molecule has 1 N–H and O–H groups in total. The predicted octanol–water partition coefficient (Wildman–Crippen LogP) is 3.93. The number of nitro benzene ring substituents is 1. The van der Waals surface area contributed by atoms with Gasteiger partial charge in [0.15, 0.2) is 0 Å². The fourth-order valence-corrected chi connectivity index (χ4v) is 7.81. The van der Waals surface area contributed by atoms with Crippen molar-refractivity contribution in [2.75, 3.05) is 43.5 Å². The monoisotopic (exact) mass is 632 g/mol. The fourth-order valence-electron chi connectivity index (χ4n) is 4.67. The summed E-state index contributed by atoms with van der Waals surface area (Å²) in [6.45, 7) is 1.50. The number of aryl methyl sites for hydroxylation is 1. The summed E-state index contributed by atoms with van der Waals surface area (Å²) in [5.74, 6) is -0.239. The number of benzene rings is 3. The van der Waals surface area contributed by atoms with Gasteiger partial charge in [-0.1, -0.05) is 12.5 Å². The van der Waals surface area contributed by atoms with Crippen LogP contribution in [0.3, 0.4) is 0 Å². The Morgan fingerprint density at radius 3 is 2.23 bits per heavy atom. The second-order valence-corrected chi connectivity index (χ2v) is 13.6. The number of amides is 1. The first-order valence-corrected chi connectivity index (χ1v) is 16.2. The van der Waals surface area contributed by atoms with Gasteiger partial charge in [0.2, 0.25) is 15.9 Å². The lowest BCUT2D eigenvalue weighted by Gasteiger charge is -2.27. The second kappa shape index (κ2) is 13.0. The molecule has 1 aliphatic rings. The van der Waals surface area contributed by atoms with Gasteiger partial charge in [0, 0.05) is 30.4 Å². The number of rotatable bonds is 11. The van der Waals surface area contributed by atoms with E-state index in [0.717, 1.165) is 29.6 Å². The molecule has 1 heterocycles. The van der Waals surface area contributed by atoms with Crippen LogP contribution < -0.4 is 19.1 Å². The van der Waals surface area contributed by atoms with E-state index in [9.17, 15) is 31.7 Å². The number of anilines is 2. The average Bonchev–Trinajstić information content (AvgIpc) is 3.00. The lowest BCUT2D eigenvalue weighted by Crippen LogP contribution is -2.38. The lowest BCUT2D eigenvalue weighted by atomic mass is 10.2. The maximum Gasteiger partial charge on any atom is 0.273 e. The number of nitrogens with one attached hydrogen (secondary N) is 1. The molecule has 0 saturated carbocycles. The van der Waals surface area contributed by atoms with Crippen molar-refractivity contribution in [2.45, 2.75) is 36.0 Å². The Balaban J connectivity index is 1.68. The SMILES string of the molecule is COc1ccc(N(CC(=O)Nc2ccc(OC)c(S(=O)(=O)N3CCCCC3)c2)S(=O)(=O)c2ccc(C)c([N+](=O)[O-])c2)cc1. The molecule has 1 amide bonds. The van der Waals surface area contributed by atoms with E-state index in [1.807, 2.05) is 0 Å². The van der Waals surface area contributed by atoms with Crippen LogP contribution in [0.4, 0.5) is 17.1 Å². The molecule has 1 aliphatic heterocycles. The third kappa shape index (κ3) is 6.89. The number of piperidine rings is 1. The molecule has 3 aromatic rings. The van der Waals surface area contributed by atoms with E-state index in [4.69, 9.17) is 9.47 Å². The standard InChI is InChI=1S/C28H32N4O9S2/c1-20-7-13-24(18-25(20)32(34)35)42(36,37)31(22-9-11-23(40-2)12-10-22)19-28(33)29-21-8-14-26(41-3)27(17-21)43(38,39)30-15-5-4-6-16-30/h7-14,17-18H,4-6,15-16,19H2,1-3H3,(H,29,33). The summed E-state index contributed by atoms with van der Waals surface area (Å²) >= 11 is 0. The van der Waals surface area contributed by atoms with Crippen LogP contribution in [0.5, 0.6) is 11.5 Å². The summed E-state index contributed by atoms with van der Waals surface area (Å²) < 4.78 is 67.0. The molecule has 0 radical (unpaired) electrons. The van der Waals surface area contributed by atoms with Gasteiger partial charge in [-0.05, 0) is 68.3 Å². The molecule has 230 valence electrons. The Bertz CT molecular complexity index is 1720. The third-order valence-corrected chi connectivity index (χ3v) is 10.7. The van der Waals surface area contributed by atoms with E-state index >= 15 is 0 Å². The quantitative estimate of drug-likeness (QED) is 0.243. The minimum Gasteiger partial charge on any atom is -0.497 e. The molecule has 0 aliphatic carbocycles. The molecule has 0 bridgehead atoms. The van der Waals surface area contributed by atoms with Crippen LogP contribution in [0.1, 0.15) is 24.8 Å². The van der Waals surface area contributed by atoms with Crippen LogP contribution in [0.2, 0.25) is 0 Å². The van der Waals surface area contributed by atoms with Crippen LogP contribution in [0, 0.1) is 17.0 Å². The summed E-state index contributed by atoms with van der Waals surface area (Å²) in [7, 11) is -5.63. The number of nitrogens with zero attached hydrogens (tertiary/aromatic N) is 3. The number of ether oxygens (including phenoxy) is 2. The van der Waals surface area contributed by atoms with Gasteiger partial charge in [-0.25, -0.2) is 16.8 Å². The molecule has 0 spiro atoms. The highest BCUT2D eigenvalue weighted by atomic mass is 32.2. The van der Waals surface area contributed by atoms with Crippen molar-refractivity contribution in [3.8, 4) is 11.5 Å². The minimum atomic E-state index is -4.49. The summed E-state index contributed by atoms with van der Waals surface area (Å²) in [4.78, 5) is 23.6. The van der Waals surface area contributed by atoms with E-state index in [-0.39, 0.29) is 38.2 Å². The zero-order valence-corrected chi connectivity index (χ0v) is 25.5. The van der Waals surface area contributed by atoms with Gasteiger partial charge in [-0.3, -0.25) is 19.2 Å². The topological polar surface area (TPSA) is 165 Å². The average molecular weight is 633 g/mol. The first kappa shape index (κ1) is 31.7. The van der Waals surface area contributed by atoms with Gasteiger partial charge in [0.05, 0.1) is 29.7 Å². The number of sulfonamides is 2. The molecular formula is C28H32N4O9S2. The van der Waals surface area contributed by atoms with Crippen molar-refractivity contribution in [1.82, 2.24) is 4.31 Å². The van der Waals surface area contributed by atoms with Crippen LogP contribution in [0.25, 0.3) is 0 Å². The summed E-state index contributed by atoms with van der Waals surface area (Å²) in [6, 6.07) is 13.5. The van der Waals surface area contributed by atoms with Gasteiger partial charge in [-0.2, -0.15) is 4.31 Å². The van der Waals surface area contributed by atoms with E-state index < -0.39 is 37.4 Å². The van der Waals surface area contributed by atoms with E-state index in [1.165, 1.54) is 80.0 Å². The summed E-state index contributed by atoms with van der Waals surface area (Å²) in [5.41, 5.74) is 0.0927. The van der Waals surface area contributed by atoms with E-state index in [0.29, 0.717) is 18.8 Å². The molecule has 0 aromatic heterocycles. The second-order valence-electron chi connectivity index (χ2n) is 9.79. The Labute approximate surface area is 250 Å². The van der Waals surface area contributed by atoms with Gasteiger partial charge in [0.1, 0.15) is 22.9 Å². The Morgan fingerprint density at radius 2 is 1.63 bits per heavy atom. The number of hydrogen-bond acceptors (Lipinski definition) is 9. The van der Waals surface area contributed by atoms with Crippen molar-refractivity contribution < 1.29 is 36.0 Å². The molecular weight excluding hydrogens is 600 g/mol.